The fourth-order valence-electron chi connectivity index (χ4n) is 3.20. The van der Waals surface area contributed by atoms with E-state index >= 15 is 0 Å². The lowest BCUT2D eigenvalue weighted by Gasteiger charge is -2.31. The average Bonchev–Trinajstić information content (AvgIpc) is 3.17. The van der Waals surface area contributed by atoms with Crippen LogP contribution in [-0.2, 0) is 23.2 Å². The lowest BCUT2D eigenvalue weighted by molar-refractivity contribution is -0.144. The van der Waals surface area contributed by atoms with Crippen molar-refractivity contribution in [3.63, 3.8) is 0 Å². The molecule has 6 heteroatoms. The molecule has 0 unspecified atom stereocenters. The number of hydrogen-bond acceptors (Lipinski definition) is 3. The molecule has 6 nitrogen and oxygen atoms in total. The molecule has 2 aromatic rings. The number of nitrogens with zero attached hydrogens (tertiary/aromatic N) is 3. The Kier molecular flexibility index (Phi) is 9.45. The van der Waals surface area contributed by atoms with Crippen molar-refractivity contribution in [3.8, 4) is 5.75 Å². The topological polar surface area (TPSA) is 54.8 Å². The minimum absolute atomic E-state index is 0.0296. The number of benzene rings is 1. The Morgan fingerprint density at radius 2 is 1.80 bits per heavy atom. The van der Waals surface area contributed by atoms with Crippen molar-refractivity contribution in [2.75, 3.05) is 19.7 Å². The zero-order valence-corrected chi connectivity index (χ0v) is 18.7. The Morgan fingerprint density at radius 3 is 2.40 bits per heavy atom. The minimum Gasteiger partial charge on any atom is -0.484 e. The van der Waals surface area contributed by atoms with Crippen LogP contribution in [0, 0.1) is 0 Å². The molecule has 1 atom stereocenters. The minimum atomic E-state index is -0.170. The standard InChI is InChI=1S/C24H35N3O3/c1-5-7-16-26(17-21-12-11-15-25(21)4)23(28)18-27(20(3)6-2)24(29)19-30-22-13-9-8-10-14-22/h8-15,20H,5-7,16-19H2,1-4H3/t20-/m1/s1. The summed E-state index contributed by atoms with van der Waals surface area (Å²) in [4.78, 5) is 29.6. The van der Waals surface area contributed by atoms with Crippen molar-refractivity contribution >= 4 is 11.8 Å². The summed E-state index contributed by atoms with van der Waals surface area (Å²) in [7, 11) is 1.98. The van der Waals surface area contributed by atoms with Crippen LogP contribution in [0.25, 0.3) is 0 Å². The highest BCUT2D eigenvalue weighted by atomic mass is 16.5. The highest BCUT2D eigenvalue weighted by Gasteiger charge is 2.25. The van der Waals surface area contributed by atoms with Crippen LogP contribution in [0.4, 0.5) is 0 Å². The summed E-state index contributed by atoms with van der Waals surface area (Å²) < 4.78 is 7.66. The van der Waals surface area contributed by atoms with Gasteiger partial charge in [-0.3, -0.25) is 9.59 Å². The highest BCUT2D eigenvalue weighted by Crippen LogP contribution is 2.12. The second-order valence-electron chi connectivity index (χ2n) is 7.66. The van der Waals surface area contributed by atoms with E-state index in [0.29, 0.717) is 18.8 Å². The van der Waals surface area contributed by atoms with E-state index < -0.39 is 0 Å². The smallest absolute Gasteiger partial charge is 0.261 e. The van der Waals surface area contributed by atoms with Crippen molar-refractivity contribution in [1.29, 1.82) is 0 Å². The van der Waals surface area contributed by atoms with Crippen LogP contribution in [0.1, 0.15) is 45.7 Å². The zero-order valence-electron chi connectivity index (χ0n) is 18.7. The molecule has 0 saturated carbocycles. The molecule has 0 aliphatic carbocycles. The third-order valence-corrected chi connectivity index (χ3v) is 5.39. The molecule has 0 aliphatic heterocycles. The molecule has 2 rings (SSSR count). The number of para-hydroxylation sites is 1. The maximum absolute atomic E-state index is 13.2. The van der Waals surface area contributed by atoms with Gasteiger partial charge in [-0.25, -0.2) is 0 Å². The molecule has 1 aromatic carbocycles. The first-order valence-corrected chi connectivity index (χ1v) is 10.8. The van der Waals surface area contributed by atoms with E-state index in [1.807, 2.05) is 79.0 Å². The first-order valence-electron chi connectivity index (χ1n) is 10.8. The number of amides is 2. The molecular formula is C24H35N3O3. The molecule has 0 spiro atoms. The molecular weight excluding hydrogens is 378 g/mol. The lowest BCUT2D eigenvalue weighted by Crippen LogP contribution is -2.48. The predicted octanol–water partition coefficient (Wildman–Crippen LogP) is 3.86. The second-order valence-corrected chi connectivity index (χ2v) is 7.66. The van der Waals surface area contributed by atoms with Gasteiger partial charge in [0.15, 0.2) is 6.61 Å². The third kappa shape index (κ3) is 6.94. The molecule has 1 aromatic heterocycles. The Labute approximate surface area is 180 Å². The maximum Gasteiger partial charge on any atom is 0.261 e. The van der Waals surface area contributed by atoms with Crippen molar-refractivity contribution in [2.45, 2.75) is 52.6 Å². The van der Waals surface area contributed by atoms with Crippen LogP contribution in [0.3, 0.4) is 0 Å². The SMILES string of the molecule is CCCCN(Cc1cccn1C)C(=O)CN(C(=O)COc1ccccc1)[C@H](C)CC. The number of carbonyl (C=O) groups excluding carboxylic acids is 2. The van der Waals surface area contributed by atoms with Gasteiger partial charge in [-0.2, -0.15) is 0 Å². The van der Waals surface area contributed by atoms with Gasteiger partial charge in [0.05, 0.1) is 6.54 Å². The Morgan fingerprint density at radius 1 is 1.07 bits per heavy atom. The Bertz CT molecular complexity index is 788. The van der Waals surface area contributed by atoms with Gasteiger partial charge in [0.1, 0.15) is 12.3 Å². The summed E-state index contributed by atoms with van der Waals surface area (Å²) in [6.45, 7) is 7.33. The van der Waals surface area contributed by atoms with Gasteiger partial charge in [0, 0.05) is 31.5 Å². The normalized spacial score (nSPS) is 11.7. The summed E-state index contributed by atoms with van der Waals surface area (Å²) in [5.41, 5.74) is 1.08. The number of aromatic nitrogens is 1. The van der Waals surface area contributed by atoms with Crippen LogP contribution in [0.5, 0.6) is 5.75 Å². The molecule has 0 aliphatic rings. The van der Waals surface area contributed by atoms with Gasteiger partial charge in [0.25, 0.3) is 5.91 Å². The van der Waals surface area contributed by atoms with Crippen LogP contribution >= 0.6 is 0 Å². The summed E-state index contributed by atoms with van der Waals surface area (Å²) >= 11 is 0. The van der Waals surface area contributed by atoms with Crippen molar-refractivity contribution in [1.82, 2.24) is 14.4 Å². The van der Waals surface area contributed by atoms with E-state index in [1.165, 1.54) is 0 Å². The van der Waals surface area contributed by atoms with Crippen LogP contribution < -0.4 is 4.74 Å². The first-order chi connectivity index (χ1) is 14.5. The monoisotopic (exact) mass is 413 g/mol. The largest absolute Gasteiger partial charge is 0.484 e. The van der Waals surface area contributed by atoms with Crippen molar-refractivity contribution < 1.29 is 14.3 Å². The van der Waals surface area contributed by atoms with E-state index in [0.717, 1.165) is 25.0 Å². The Hall–Kier alpha value is -2.76. The number of unbranched alkanes of at least 4 members (excludes halogenated alkanes) is 1. The zero-order chi connectivity index (χ0) is 21.9. The summed E-state index contributed by atoms with van der Waals surface area (Å²) in [6.07, 6.45) is 4.70. The van der Waals surface area contributed by atoms with E-state index in [2.05, 4.69) is 6.92 Å². The number of ether oxygens (including phenoxy) is 1. The van der Waals surface area contributed by atoms with Crippen LogP contribution in [0.15, 0.2) is 48.7 Å². The van der Waals surface area contributed by atoms with Crippen LogP contribution in [-0.4, -0.2) is 51.9 Å². The fraction of sp³-hybridized carbons (Fsp3) is 0.500. The molecule has 1 heterocycles. The van der Waals surface area contributed by atoms with Crippen LogP contribution in [0.2, 0.25) is 0 Å². The molecule has 164 valence electrons. The Balaban J connectivity index is 2.06. The van der Waals surface area contributed by atoms with E-state index in [1.54, 1.807) is 4.90 Å². The first kappa shape index (κ1) is 23.5. The van der Waals surface area contributed by atoms with Crippen molar-refractivity contribution in [3.05, 3.63) is 54.4 Å². The quantitative estimate of drug-likeness (QED) is 0.531. The maximum atomic E-state index is 13.2. The molecule has 0 N–H and O–H groups in total. The van der Waals surface area contributed by atoms with E-state index in [9.17, 15) is 9.59 Å². The molecule has 0 bridgehead atoms. The van der Waals surface area contributed by atoms with E-state index in [-0.39, 0.29) is 31.0 Å². The highest BCUT2D eigenvalue weighted by molar-refractivity contribution is 5.85. The van der Waals surface area contributed by atoms with Gasteiger partial charge in [-0.1, -0.05) is 38.5 Å². The number of hydrogen-bond donors (Lipinski definition) is 0. The van der Waals surface area contributed by atoms with Crippen molar-refractivity contribution in [2.24, 2.45) is 7.05 Å². The molecule has 2 amide bonds. The van der Waals surface area contributed by atoms with Gasteiger partial charge >= 0.3 is 0 Å². The number of carbonyl (C=O) groups is 2. The predicted molar refractivity (Wildman–Crippen MR) is 119 cm³/mol. The lowest BCUT2D eigenvalue weighted by atomic mass is 10.2. The average molecular weight is 414 g/mol. The van der Waals surface area contributed by atoms with Gasteiger partial charge in [-0.15, -0.1) is 0 Å². The van der Waals surface area contributed by atoms with Gasteiger partial charge < -0.3 is 19.1 Å². The molecule has 0 saturated heterocycles. The number of aryl methyl sites for hydroxylation is 1. The third-order valence-electron chi connectivity index (χ3n) is 5.39. The summed E-state index contributed by atoms with van der Waals surface area (Å²) in [5, 5.41) is 0. The van der Waals surface area contributed by atoms with Gasteiger partial charge in [-0.05, 0) is 44.0 Å². The second kappa shape index (κ2) is 12.1. The van der Waals surface area contributed by atoms with Gasteiger partial charge in [0.2, 0.25) is 5.91 Å². The fourth-order valence-corrected chi connectivity index (χ4v) is 3.20. The molecule has 30 heavy (non-hydrogen) atoms. The molecule has 0 fully saturated rings. The summed E-state index contributed by atoms with van der Waals surface area (Å²) in [5.74, 6) is 0.448. The summed E-state index contributed by atoms with van der Waals surface area (Å²) in [6, 6.07) is 13.2. The molecule has 0 radical (unpaired) electrons. The number of rotatable bonds is 12. The van der Waals surface area contributed by atoms with E-state index in [4.69, 9.17) is 4.74 Å².